The van der Waals surface area contributed by atoms with Crippen LogP contribution in [0, 0.1) is 0 Å². The van der Waals surface area contributed by atoms with Gasteiger partial charge in [0, 0.05) is 23.2 Å². The Bertz CT molecular complexity index is 281. The molecule has 0 aliphatic heterocycles. The Labute approximate surface area is 89.9 Å². The normalized spacial score (nSPS) is 12.8. The van der Waals surface area contributed by atoms with Gasteiger partial charge in [-0.3, -0.25) is 0 Å². The maximum absolute atomic E-state index is 9.55. The predicted octanol–water partition coefficient (Wildman–Crippen LogP) is 2.93. The zero-order valence-electron chi connectivity index (χ0n) is 8.55. The largest absolute Gasteiger partial charge is 0.508 e. The molecule has 1 atom stereocenters. The van der Waals surface area contributed by atoms with Crippen LogP contribution in [0.15, 0.2) is 18.2 Å². The monoisotopic (exact) mass is 213 g/mol. The van der Waals surface area contributed by atoms with E-state index < -0.39 is 0 Å². The van der Waals surface area contributed by atoms with E-state index in [2.05, 4.69) is 19.2 Å². The van der Waals surface area contributed by atoms with Crippen molar-refractivity contribution in [3.63, 3.8) is 0 Å². The topological polar surface area (TPSA) is 32.3 Å². The van der Waals surface area contributed by atoms with Crippen molar-refractivity contribution in [2.45, 2.75) is 32.9 Å². The smallest absolute Gasteiger partial charge is 0.121 e. The van der Waals surface area contributed by atoms with E-state index in [0.29, 0.717) is 17.6 Å². The number of aromatic hydroxyl groups is 1. The van der Waals surface area contributed by atoms with Gasteiger partial charge in [0.15, 0.2) is 0 Å². The Kier molecular flexibility index (Phi) is 4.23. The number of phenols is 1. The minimum Gasteiger partial charge on any atom is -0.508 e. The molecule has 0 aromatic heterocycles. The third kappa shape index (κ3) is 2.89. The minimum atomic E-state index is 0.258. The van der Waals surface area contributed by atoms with Gasteiger partial charge in [0.2, 0.25) is 0 Å². The summed E-state index contributed by atoms with van der Waals surface area (Å²) in [6.07, 6.45) is 1.06. The van der Waals surface area contributed by atoms with E-state index in [4.69, 9.17) is 11.6 Å². The molecular weight excluding hydrogens is 198 g/mol. The maximum atomic E-state index is 9.55. The van der Waals surface area contributed by atoms with E-state index in [1.165, 1.54) is 0 Å². The van der Waals surface area contributed by atoms with E-state index in [1.54, 1.807) is 18.2 Å². The zero-order valence-corrected chi connectivity index (χ0v) is 9.30. The summed E-state index contributed by atoms with van der Waals surface area (Å²) < 4.78 is 0. The van der Waals surface area contributed by atoms with Crippen LogP contribution in [0.3, 0.4) is 0 Å². The van der Waals surface area contributed by atoms with Crippen LogP contribution in [-0.4, -0.2) is 11.1 Å². The maximum Gasteiger partial charge on any atom is 0.121 e. The van der Waals surface area contributed by atoms with Gasteiger partial charge in [0.25, 0.3) is 0 Å². The Morgan fingerprint density at radius 2 is 2.21 bits per heavy atom. The molecule has 0 aliphatic carbocycles. The fraction of sp³-hybridized carbons (Fsp3) is 0.455. The molecule has 78 valence electrons. The average molecular weight is 214 g/mol. The summed E-state index contributed by atoms with van der Waals surface area (Å²) in [6.45, 7) is 4.83. The van der Waals surface area contributed by atoms with Gasteiger partial charge >= 0.3 is 0 Å². The van der Waals surface area contributed by atoms with Crippen LogP contribution in [0.2, 0.25) is 5.02 Å². The van der Waals surface area contributed by atoms with Gasteiger partial charge in [-0.05, 0) is 25.5 Å². The van der Waals surface area contributed by atoms with Crippen LogP contribution < -0.4 is 5.32 Å². The zero-order chi connectivity index (χ0) is 10.6. The molecule has 0 saturated carbocycles. The summed E-state index contributed by atoms with van der Waals surface area (Å²) in [5.41, 5.74) is 0.773. The van der Waals surface area contributed by atoms with E-state index in [-0.39, 0.29) is 5.75 Å². The van der Waals surface area contributed by atoms with Crippen LogP contribution in [0.5, 0.6) is 5.75 Å². The Balaban J connectivity index is 2.66. The number of hydrogen-bond donors (Lipinski definition) is 2. The molecule has 0 bridgehead atoms. The molecule has 3 heteroatoms. The number of halogens is 1. The predicted molar refractivity (Wildman–Crippen MR) is 59.7 cm³/mol. The van der Waals surface area contributed by atoms with Crippen molar-refractivity contribution in [3.05, 3.63) is 28.8 Å². The van der Waals surface area contributed by atoms with E-state index in [1.807, 2.05) is 0 Å². The van der Waals surface area contributed by atoms with Gasteiger partial charge in [-0.15, -0.1) is 0 Å². The SMILES string of the molecule is CC[C@@H](C)NCc1c(O)cccc1Cl. The molecule has 2 nitrogen and oxygen atoms in total. The first-order chi connectivity index (χ1) is 6.65. The van der Waals surface area contributed by atoms with Crippen molar-refractivity contribution < 1.29 is 5.11 Å². The van der Waals surface area contributed by atoms with Crippen LogP contribution in [0.1, 0.15) is 25.8 Å². The van der Waals surface area contributed by atoms with Gasteiger partial charge in [-0.1, -0.05) is 24.6 Å². The number of phenolic OH excluding ortho intramolecular Hbond substituents is 1. The summed E-state index contributed by atoms with van der Waals surface area (Å²) >= 11 is 5.96. The quantitative estimate of drug-likeness (QED) is 0.806. The van der Waals surface area contributed by atoms with E-state index in [9.17, 15) is 5.11 Å². The number of hydrogen-bond acceptors (Lipinski definition) is 2. The third-order valence-electron chi connectivity index (χ3n) is 2.33. The van der Waals surface area contributed by atoms with Crippen molar-refractivity contribution in [3.8, 4) is 5.75 Å². The molecule has 0 radical (unpaired) electrons. The molecule has 0 aliphatic rings. The number of benzene rings is 1. The second kappa shape index (κ2) is 5.23. The lowest BCUT2D eigenvalue weighted by Gasteiger charge is -2.13. The summed E-state index contributed by atoms with van der Waals surface area (Å²) in [6, 6.07) is 5.62. The first-order valence-electron chi connectivity index (χ1n) is 4.85. The molecule has 14 heavy (non-hydrogen) atoms. The summed E-state index contributed by atoms with van der Waals surface area (Å²) in [7, 11) is 0. The lowest BCUT2D eigenvalue weighted by atomic mass is 10.2. The van der Waals surface area contributed by atoms with Gasteiger partial charge in [-0.2, -0.15) is 0 Å². The highest BCUT2D eigenvalue weighted by Crippen LogP contribution is 2.24. The summed E-state index contributed by atoms with van der Waals surface area (Å²) in [4.78, 5) is 0. The highest BCUT2D eigenvalue weighted by molar-refractivity contribution is 6.31. The molecule has 0 fully saturated rings. The van der Waals surface area contributed by atoms with Crippen molar-refractivity contribution in [2.75, 3.05) is 0 Å². The first-order valence-corrected chi connectivity index (χ1v) is 5.22. The fourth-order valence-corrected chi connectivity index (χ4v) is 1.38. The average Bonchev–Trinajstić information content (AvgIpc) is 2.16. The molecule has 0 amide bonds. The first kappa shape index (κ1) is 11.3. The lowest BCUT2D eigenvalue weighted by molar-refractivity contribution is 0.457. The van der Waals surface area contributed by atoms with Crippen LogP contribution in [0.25, 0.3) is 0 Å². The molecule has 0 spiro atoms. The third-order valence-corrected chi connectivity index (χ3v) is 2.69. The number of nitrogens with one attached hydrogen (secondary N) is 1. The minimum absolute atomic E-state index is 0.258. The van der Waals surface area contributed by atoms with Gasteiger partial charge in [0.05, 0.1) is 0 Å². The summed E-state index contributed by atoms with van der Waals surface area (Å²) in [5.74, 6) is 0.258. The summed E-state index contributed by atoms with van der Waals surface area (Å²) in [5, 5.41) is 13.5. The Hall–Kier alpha value is -0.730. The standard InChI is InChI=1S/C11H16ClNO/c1-3-8(2)13-7-9-10(12)5-4-6-11(9)14/h4-6,8,13-14H,3,7H2,1-2H3/t8-/m1/s1. The second-order valence-corrected chi connectivity index (χ2v) is 3.83. The van der Waals surface area contributed by atoms with Gasteiger partial charge in [-0.25, -0.2) is 0 Å². The van der Waals surface area contributed by atoms with Crippen molar-refractivity contribution >= 4 is 11.6 Å². The highest BCUT2D eigenvalue weighted by Gasteiger charge is 2.06. The molecular formula is C11H16ClNO. The molecule has 1 aromatic carbocycles. The lowest BCUT2D eigenvalue weighted by Crippen LogP contribution is -2.24. The molecule has 0 saturated heterocycles. The fourth-order valence-electron chi connectivity index (χ4n) is 1.14. The second-order valence-electron chi connectivity index (χ2n) is 3.43. The molecule has 2 N–H and O–H groups in total. The van der Waals surface area contributed by atoms with Gasteiger partial charge < -0.3 is 10.4 Å². The van der Waals surface area contributed by atoms with Crippen molar-refractivity contribution in [2.24, 2.45) is 0 Å². The molecule has 1 rings (SSSR count). The van der Waals surface area contributed by atoms with Crippen molar-refractivity contribution in [1.29, 1.82) is 0 Å². The van der Waals surface area contributed by atoms with E-state index >= 15 is 0 Å². The van der Waals surface area contributed by atoms with Crippen LogP contribution >= 0.6 is 11.6 Å². The molecule has 0 heterocycles. The molecule has 1 aromatic rings. The Morgan fingerprint density at radius 3 is 2.79 bits per heavy atom. The van der Waals surface area contributed by atoms with Crippen LogP contribution in [0.4, 0.5) is 0 Å². The Morgan fingerprint density at radius 1 is 1.50 bits per heavy atom. The number of rotatable bonds is 4. The van der Waals surface area contributed by atoms with Crippen LogP contribution in [-0.2, 0) is 6.54 Å². The molecule has 0 unspecified atom stereocenters. The van der Waals surface area contributed by atoms with E-state index in [0.717, 1.165) is 12.0 Å². The van der Waals surface area contributed by atoms with Crippen molar-refractivity contribution in [1.82, 2.24) is 5.32 Å². The highest BCUT2D eigenvalue weighted by atomic mass is 35.5. The van der Waals surface area contributed by atoms with Gasteiger partial charge in [0.1, 0.15) is 5.75 Å².